The summed E-state index contributed by atoms with van der Waals surface area (Å²) in [6, 6.07) is 8.81. The zero-order valence-corrected chi connectivity index (χ0v) is 24.5. The fourth-order valence-corrected chi connectivity index (χ4v) is 6.54. The second-order valence-corrected chi connectivity index (χ2v) is 13.7. The number of Topliss-reactive ketones (excluding diaryl/α,β-unsaturated/α-hetero) is 1. The molecule has 4 heterocycles. The number of alkyl halides is 2. The van der Waals surface area contributed by atoms with Crippen LogP contribution >= 0.6 is 0 Å². The van der Waals surface area contributed by atoms with Crippen molar-refractivity contribution < 1.29 is 26.7 Å². The molecule has 2 saturated carbocycles. The average Bonchev–Trinajstić information content (AvgIpc) is 3.92. The third kappa shape index (κ3) is 5.67. The first-order valence-corrected chi connectivity index (χ1v) is 16.6. The van der Waals surface area contributed by atoms with Gasteiger partial charge in [0.05, 0.1) is 33.7 Å². The highest BCUT2D eigenvalue weighted by Gasteiger charge is 2.32. The van der Waals surface area contributed by atoms with Crippen molar-refractivity contribution in [2.24, 2.45) is 5.92 Å². The summed E-state index contributed by atoms with van der Waals surface area (Å²) in [5.74, 6) is -0.448. The van der Waals surface area contributed by atoms with E-state index in [1.54, 1.807) is 24.3 Å². The summed E-state index contributed by atoms with van der Waals surface area (Å²) in [4.78, 5) is 21.7. The monoisotopic (exact) mass is 610 g/mol. The number of imidazole rings is 1. The highest BCUT2D eigenvalue weighted by molar-refractivity contribution is 7.90. The number of fused-ring (bicyclic) bond motifs is 1. The second kappa shape index (κ2) is 10.8. The topological polar surface area (TPSA) is 121 Å². The highest BCUT2D eigenvalue weighted by atomic mass is 32.2. The molecule has 4 aromatic rings. The normalized spacial score (nSPS) is 19.3. The molecule has 2 aliphatic carbocycles. The zero-order chi connectivity index (χ0) is 29.9. The summed E-state index contributed by atoms with van der Waals surface area (Å²) in [5.41, 5.74) is 2.56. The Morgan fingerprint density at radius 1 is 1.07 bits per heavy atom. The number of carbonyl (C=O) groups is 1. The number of hydrogen-bond acceptors (Lipinski definition) is 8. The molecule has 1 atom stereocenters. The maximum absolute atomic E-state index is 14.4. The van der Waals surface area contributed by atoms with Crippen molar-refractivity contribution in [3.8, 4) is 11.3 Å². The maximum atomic E-state index is 14.4. The van der Waals surface area contributed by atoms with E-state index in [1.165, 1.54) is 4.57 Å². The van der Waals surface area contributed by atoms with Gasteiger partial charge in [0.1, 0.15) is 17.5 Å². The number of nitrogens with zero attached hydrogens (tertiary/aromatic N) is 5. The fraction of sp³-hybridized carbons (Fsp3) is 0.467. The molecular formula is C30H32F2N6O4S. The van der Waals surface area contributed by atoms with Gasteiger partial charge in [-0.05, 0) is 69.2 Å². The summed E-state index contributed by atoms with van der Waals surface area (Å²) in [6.07, 6.45) is 5.46. The van der Waals surface area contributed by atoms with E-state index in [0.717, 1.165) is 44.8 Å². The molecule has 3 aliphatic rings. The number of hydrogen-bond donors (Lipinski definition) is 1. The molecular weight excluding hydrogens is 578 g/mol. The minimum Gasteiger partial charge on any atom is -0.358 e. The van der Waals surface area contributed by atoms with Gasteiger partial charge in [0, 0.05) is 37.0 Å². The maximum Gasteiger partial charge on any atom is 0.295 e. The van der Waals surface area contributed by atoms with E-state index in [4.69, 9.17) is 4.74 Å². The number of rotatable bonds is 10. The molecule has 7 rings (SSSR count). The number of ether oxygens (including phenoxy) is 1. The summed E-state index contributed by atoms with van der Waals surface area (Å²) in [7, 11) is -3.73. The number of sulfone groups is 1. The smallest absolute Gasteiger partial charge is 0.295 e. The lowest BCUT2D eigenvalue weighted by molar-refractivity contribution is -0.119. The summed E-state index contributed by atoms with van der Waals surface area (Å²) in [5, 5.41) is 7.78. The van der Waals surface area contributed by atoms with Crippen molar-refractivity contribution in [1.29, 1.82) is 0 Å². The van der Waals surface area contributed by atoms with Crippen molar-refractivity contribution >= 4 is 38.2 Å². The first-order valence-electron chi connectivity index (χ1n) is 14.7. The van der Waals surface area contributed by atoms with Crippen molar-refractivity contribution in [3.05, 3.63) is 48.0 Å². The van der Waals surface area contributed by atoms with E-state index in [0.29, 0.717) is 36.0 Å². The molecule has 0 bridgehead atoms. The van der Waals surface area contributed by atoms with E-state index in [1.807, 2.05) is 16.9 Å². The molecule has 1 N–H and O–H groups in total. The first-order chi connectivity index (χ1) is 20.7. The second-order valence-electron chi connectivity index (χ2n) is 11.7. The van der Waals surface area contributed by atoms with Crippen LogP contribution in [0, 0.1) is 5.92 Å². The fourth-order valence-electron chi connectivity index (χ4n) is 5.68. The highest BCUT2D eigenvalue weighted by Crippen LogP contribution is 2.39. The molecule has 3 aromatic heterocycles. The predicted octanol–water partition coefficient (Wildman–Crippen LogP) is 5.94. The molecule has 0 radical (unpaired) electrons. The van der Waals surface area contributed by atoms with Gasteiger partial charge < -0.3 is 10.1 Å². The van der Waals surface area contributed by atoms with E-state index in [-0.39, 0.29) is 45.6 Å². The number of ketones is 1. The first kappa shape index (κ1) is 28.1. The Labute approximate surface area is 247 Å². The molecule has 1 saturated heterocycles. The van der Waals surface area contributed by atoms with Crippen molar-refractivity contribution in [2.75, 3.05) is 18.2 Å². The predicted molar refractivity (Wildman–Crippen MR) is 155 cm³/mol. The summed E-state index contributed by atoms with van der Waals surface area (Å²) in [6.45, 7) is 0.431. The molecule has 1 aliphatic heterocycles. The van der Waals surface area contributed by atoms with Crippen molar-refractivity contribution in [1.82, 2.24) is 24.3 Å². The minimum absolute atomic E-state index is 0.00936. The lowest BCUT2D eigenvalue weighted by Gasteiger charge is -2.25. The van der Waals surface area contributed by atoms with Gasteiger partial charge in [-0.25, -0.2) is 27.2 Å². The van der Waals surface area contributed by atoms with Gasteiger partial charge in [-0.1, -0.05) is 6.07 Å². The SMILES string of the molecule is CS(=O)(=O)c1cc(-c2ccn(C3CC3)n2)ccc1Nc1cc(CC(=O)C2CC2)nc2c1nc(C(F)F)n2C1CCCCO1. The largest absolute Gasteiger partial charge is 0.358 e. The van der Waals surface area contributed by atoms with Crippen LogP contribution in [0.2, 0.25) is 0 Å². The standard InChI is InChI=1S/C30H32F2N6O4S/c1-43(40,41)25-14-18(21-11-12-37(36-21)20-8-9-20)7-10-22(25)34-23-15-19(16-24(39)17-5-6-17)33-29-27(23)35-30(28(31)32)38(29)26-4-2-3-13-42-26/h7,10-12,14-15,17,20,26,28H,2-6,8-9,13,16H2,1H3,(H,33,34). The van der Waals surface area contributed by atoms with Crippen LogP contribution < -0.4 is 5.32 Å². The molecule has 43 heavy (non-hydrogen) atoms. The van der Waals surface area contributed by atoms with Gasteiger partial charge in [-0.2, -0.15) is 5.10 Å². The van der Waals surface area contributed by atoms with Gasteiger partial charge in [0.25, 0.3) is 6.43 Å². The Morgan fingerprint density at radius 2 is 1.88 bits per heavy atom. The average molecular weight is 611 g/mol. The van der Waals surface area contributed by atoms with E-state index < -0.39 is 28.3 Å². The summed E-state index contributed by atoms with van der Waals surface area (Å²) >= 11 is 0. The van der Waals surface area contributed by atoms with Gasteiger partial charge in [-0.3, -0.25) is 14.0 Å². The number of aromatic nitrogens is 5. The lowest BCUT2D eigenvalue weighted by Crippen LogP contribution is -2.21. The van der Waals surface area contributed by atoms with Crippen LogP contribution in [-0.4, -0.2) is 51.4 Å². The molecule has 226 valence electrons. The van der Waals surface area contributed by atoms with Crippen LogP contribution in [0.4, 0.5) is 20.2 Å². The minimum atomic E-state index is -3.73. The Morgan fingerprint density at radius 3 is 2.56 bits per heavy atom. The van der Waals surface area contributed by atoms with Gasteiger partial charge >= 0.3 is 0 Å². The summed E-state index contributed by atoms with van der Waals surface area (Å²) < 4.78 is 63.8. The number of halogens is 2. The Kier molecular flexibility index (Phi) is 7.04. The molecule has 3 fully saturated rings. The third-order valence-corrected chi connectivity index (χ3v) is 9.37. The molecule has 1 unspecified atom stereocenters. The van der Waals surface area contributed by atoms with Gasteiger partial charge in [-0.15, -0.1) is 0 Å². The quantitative estimate of drug-likeness (QED) is 0.234. The van der Waals surface area contributed by atoms with Crippen LogP contribution in [0.15, 0.2) is 41.4 Å². The zero-order valence-electron chi connectivity index (χ0n) is 23.7. The lowest BCUT2D eigenvalue weighted by atomic mass is 10.1. The van der Waals surface area contributed by atoms with Gasteiger partial charge in [0.2, 0.25) is 0 Å². The van der Waals surface area contributed by atoms with E-state index >= 15 is 0 Å². The molecule has 0 spiro atoms. The molecule has 1 aromatic carbocycles. The third-order valence-electron chi connectivity index (χ3n) is 8.23. The number of benzene rings is 1. The van der Waals surface area contributed by atoms with Crippen LogP contribution in [0.25, 0.3) is 22.4 Å². The molecule has 0 amide bonds. The molecule has 13 heteroatoms. The van der Waals surface area contributed by atoms with Crippen LogP contribution in [0.3, 0.4) is 0 Å². The number of anilines is 2. The van der Waals surface area contributed by atoms with E-state index in [2.05, 4.69) is 20.4 Å². The van der Waals surface area contributed by atoms with Crippen LogP contribution in [0.1, 0.15) is 75.2 Å². The van der Waals surface area contributed by atoms with Gasteiger partial charge in [0.15, 0.2) is 21.3 Å². The molecule has 10 nitrogen and oxygen atoms in total. The van der Waals surface area contributed by atoms with Crippen LogP contribution in [0.5, 0.6) is 0 Å². The Bertz CT molecular complexity index is 1820. The van der Waals surface area contributed by atoms with Crippen molar-refractivity contribution in [2.45, 2.75) is 75.0 Å². The Balaban J connectivity index is 1.34. The number of nitrogens with one attached hydrogen (secondary N) is 1. The number of carbonyl (C=O) groups excluding carboxylic acids is 1. The van der Waals surface area contributed by atoms with Crippen molar-refractivity contribution in [3.63, 3.8) is 0 Å². The number of pyridine rings is 1. The van der Waals surface area contributed by atoms with Crippen LogP contribution in [-0.2, 0) is 25.8 Å². The van der Waals surface area contributed by atoms with E-state index in [9.17, 15) is 22.0 Å². The Hall–Kier alpha value is -3.71.